The molecule has 0 amide bonds. The molecule has 0 spiro atoms. The average Bonchev–Trinajstić information content (AvgIpc) is 2.39. The molecule has 1 aromatic heterocycles. The molecule has 1 aromatic carbocycles. The van der Waals surface area contributed by atoms with Crippen LogP contribution in [0, 0.1) is 5.82 Å². The fourth-order valence-corrected chi connectivity index (χ4v) is 1.76. The zero-order valence-electron chi connectivity index (χ0n) is 10.3. The minimum absolute atomic E-state index is 0.101. The molecule has 2 rings (SSSR count). The van der Waals surface area contributed by atoms with Crippen molar-refractivity contribution < 1.29 is 19.0 Å². The Morgan fingerprint density at radius 2 is 2.16 bits per heavy atom. The van der Waals surface area contributed by atoms with Crippen LogP contribution in [-0.4, -0.2) is 22.7 Å². The molecule has 0 unspecified atom stereocenters. The van der Waals surface area contributed by atoms with Gasteiger partial charge < -0.3 is 9.84 Å². The topological polar surface area (TPSA) is 59.4 Å². The lowest BCUT2D eigenvalue weighted by atomic mass is 10.0. The normalized spacial score (nSPS) is 10.2. The number of aromatic carboxylic acids is 1. The number of pyridine rings is 1. The van der Waals surface area contributed by atoms with Gasteiger partial charge in [0, 0.05) is 11.8 Å². The number of carbonyl (C=O) groups is 1. The van der Waals surface area contributed by atoms with Crippen molar-refractivity contribution in [1.29, 1.82) is 0 Å². The van der Waals surface area contributed by atoms with Gasteiger partial charge >= 0.3 is 5.97 Å². The summed E-state index contributed by atoms with van der Waals surface area (Å²) in [5.41, 5.74) is 0.877. The van der Waals surface area contributed by atoms with Crippen molar-refractivity contribution >= 4 is 5.97 Å². The van der Waals surface area contributed by atoms with Gasteiger partial charge in [0.25, 0.3) is 0 Å². The molecule has 0 aliphatic rings. The maximum absolute atomic E-state index is 13.1. The number of ether oxygens (including phenoxy) is 1. The summed E-state index contributed by atoms with van der Waals surface area (Å²) in [7, 11) is 0. The van der Waals surface area contributed by atoms with Crippen LogP contribution in [0.25, 0.3) is 11.1 Å². The van der Waals surface area contributed by atoms with E-state index in [4.69, 9.17) is 9.84 Å². The van der Waals surface area contributed by atoms with Crippen molar-refractivity contribution in [3.63, 3.8) is 0 Å². The van der Waals surface area contributed by atoms with E-state index < -0.39 is 11.8 Å². The van der Waals surface area contributed by atoms with Crippen LogP contribution >= 0.6 is 0 Å². The largest absolute Gasteiger partial charge is 0.492 e. The molecule has 0 saturated carbocycles. The number of aromatic nitrogens is 1. The van der Waals surface area contributed by atoms with Crippen LogP contribution in [0.3, 0.4) is 0 Å². The standard InChI is InChI=1S/C14H12FNO3/c1-2-19-11-5-9(7-16-8-11)12-4-3-10(15)6-13(12)14(17)18/h3-8H,2H2,1H3,(H,17,18). The second-order valence-electron chi connectivity index (χ2n) is 3.84. The van der Waals surface area contributed by atoms with E-state index >= 15 is 0 Å². The van der Waals surface area contributed by atoms with E-state index in [1.54, 1.807) is 6.07 Å². The van der Waals surface area contributed by atoms with Gasteiger partial charge in [-0.15, -0.1) is 0 Å². The minimum atomic E-state index is -1.18. The van der Waals surface area contributed by atoms with Gasteiger partial charge in [0.05, 0.1) is 18.4 Å². The molecule has 98 valence electrons. The first-order valence-corrected chi connectivity index (χ1v) is 5.73. The van der Waals surface area contributed by atoms with Crippen LogP contribution in [0.1, 0.15) is 17.3 Å². The van der Waals surface area contributed by atoms with E-state index in [2.05, 4.69) is 4.98 Å². The molecule has 1 heterocycles. The lowest BCUT2D eigenvalue weighted by molar-refractivity contribution is 0.0697. The molecule has 0 aliphatic heterocycles. The number of hydrogen-bond donors (Lipinski definition) is 1. The molecular formula is C14H12FNO3. The first kappa shape index (κ1) is 13.0. The molecule has 0 radical (unpaired) electrons. The summed E-state index contributed by atoms with van der Waals surface area (Å²) in [5.74, 6) is -1.23. The van der Waals surface area contributed by atoms with E-state index in [0.717, 1.165) is 6.07 Å². The zero-order chi connectivity index (χ0) is 13.8. The summed E-state index contributed by atoms with van der Waals surface area (Å²) >= 11 is 0. The van der Waals surface area contributed by atoms with E-state index in [-0.39, 0.29) is 5.56 Å². The third-order valence-corrected chi connectivity index (χ3v) is 2.55. The van der Waals surface area contributed by atoms with Gasteiger partial charge in [-0.3, -0.25) is 4.98 Å². The Morgan fingerprint density at radius 1 is 1.37 bits per heavy atom. The van der Waals surface area contributed by atoms with Crippen molar-refractivity contribution in [2.75, 3.05) is 6.61 Å². The van der Waals surface area contributed by atoms with E-state index in [1.165, 1.54) is 24.5 Å². The Balaban J connectivity index is 2.52. The zero-order valence-corrected chi connectivity index (χ0v) is 10.3. The van der Waals surface area contributed by atoms with Crippen molar-refractivity contribution in [1.82, 2.24) is 4.98 Å². The highest BCUT2D eigenvalue weighted by atomic mass is 19.1. The molecule has 0 bridgehead atoms. The van der Waals surface area contributed by atoms with Crippen molar-refractivity contribution in [2.45, 2.75) is 6.92 Å². The predicted octanol–water partition coefficient (Wildman–Crippen LogP) is 2.98. The van der Waals surface area contributed by atoms with Crippen LogP contribution in [0.15, 0.2) is 36.7 Å². The lowest BCUT2D eigenvalue weighted by Crippen LogP contribution is -2.01. The number of carboxylic acid groups (broad SMARTS) is 1. The van der Waals surface area contributed by atoms with Crippen molar-refractivity contribution in [3.05, 3.63) is 48.0 Å². The SMILES string of the molecule is CCOc1cncc(-c2ccc(F)cc2C(=O)O)c1. The maximum atomic E-state index is 13.1. The molecule has 19 heavy (non-hydrogen) atoms. The number of hydrogen-bond acceptors (Lipinski definition) is 3. The lowest BCUT2D eigenvalue weighted by Gasteiger charge is -2.08. The molecule has 0 fully saturated rings. The smallest absolute Gasteiger partial charge is 0.336 e. The first-order valence-electron chi connectivity index (χ1n) is 5.73. The highest BCUT2D eigenvalue weighted by molar-refractivity contribution is 5.96. The number of carboxylic acids is 1. The second-order valence-corrected chi connectivity index (χ2v) is 3.84. The first-order chi connectivity index (χ1) is 9.11. The van der Waals surface area contributed by atoms with E-state index in [0.29, 0.717) is 23.5 Å². The Hall–Kier alpha value is -2.43. The van der Waals surface area contributed by atoms with Crippen LogP contribution < -0.4 is 4.74 Å². The molecule has 0 atom stereocenters. The Kier molecular flexibility index (Phi) is 3.75. The predicted molar refractivity (Wildman–Crippen MR) is 67.8 cm³/mol. The number of benzene rings is 1. The third kappa shape index (κ3) is 2.88. The molecule has 5 heteroatoms. The Labute approximate surface area is 109 Å². The number of halogens is 1. The Bertz CT molecular complexity index is 613. The van der Waals surface area contributed by atoms with Gasteiger partial charge in [-0.1, -0.05) is 6.07 Å². The van der Waals surface area contributed by atoms with Crippen LogP contribution in [-0.2, 0) is 0 Å². The second kappa shape index (κ2) is 5.48. The molecule has 2 aromatic rings. The molecule has 0 saturated heterocycles. The van der Waals surface area contributed by atoms with E-state index in [1.807, 2.05) is 6.92 Å². The van der Waals surface area contributed by atoms with Gasteiger partial charge in [-0.2, -0.15) is 0 Å². The summed E-state index contributed by atoms with van der Waals surface area (Å²) in [6, 6.07) is 5.31. The van der Waals surface area contributed by atoms with E-state index in [9.17, 15) is 9.18 Å². The number of nitrogens with zero attached hydrogens (tertiary/aromatic N) is 1. The fourth-order valence-electron chi connectivity index (χ4n) is 1.76. The van der Waals surface area contributed by atoms with Crippen LogP contribution in [0.2, 0.25) is 0 Å². The number of rotatable bonds is 4. The minimum Gasteiger partial charge on any atom is -0.492 e. The summed E-state index contributed by atoms with van der Waals surface area (Å²) in [6.45, 7) is 2.33. The van der Waals surface area contributed by atoms with Gasteiger partial charge in [0.1, 0.15) is 11.6 Å². The van der Waals surface area contributed by atoms with Gasteiger partial charge in [0.15, 0.2) is 0 Å². The van der Waals surface area contributed by atoms with Crippen LogP contribution in [0.5, 0.6) is 5.75 Å². The molecule has 4 nitrogen and oxygen atoms in total. The fraction of sp³-hybridized carbons (Fsp3) is 0.143. The van der Waals surface area contributed by atoms with Gasteiger partial charge in [-0.25, -0.2) is 9.18 Å². The summed E-state index contributed by atoms with van der Waals surface area (Å²) < 4.78 is 18.4. The molecule has 1 N–H and O–H groups in total. The summed E-state index contributed by atoms with van der Waals surface area (Å²) in [4.78, 5) is 15.1. The highest BCUT2D eigenvalue weighted by Crippen LogP contribution is 2.26. The summed E-state index contributed by atoms with van der Waals surface area (Å²) in [6.07, 6.45) is 3.05. The average molecular weight is 261 g/mol. The van der Waals surface area contributed by atoms with Gasteiger partial charge in [0.2, 0.25) is 0 Å². The van der Waals surface area contributed by atoms with Crippen molar-refractivity contribution in [2.24, 2.45) is 0 Å². The molecule has 0 aliphatic carbocycles. The highest BCUT2D eigenvalue weighted by Gasteiger charge is 2.13. The summed E-state index contributed by atoms with van der Waals surface area (Å²) in [5, 5.41) is 9.11. The van der Waals surface area contributed by atoms with Crippen LogP contribution in [0.4, 0.5) is 4.39 Å². The monoisotopic (exact) mass is 261 g/mol. The molecular weight excluding hydrogens is 249 g/mol. The third-order valence-electron chi connectivity index (χ3n) is 2.55. The quantitative estimate of drug-likeness (QED) is 0.919. The Morgan fingerprint density at radius 3 is 2.84 bits per heavy atom. The maximum Gasteiger partial charge on any atom is 0.336 e. The van der Waals surface area contributed by atoms with Gasteiger partial charge in [-0.05, 0) is 30.7 Å². The van der Waals surface area contributed by atoms with Crippen molar-refractivity contribution in [3.8, 4) is 16.9 Å².